The molecule has 0 saturated heterocycles. The van der Waals surface area contributed by atoms with Crippen molar-refractivity contribution in [3.05, 3.63) is 65.9 Å². The molecular formula is C23H26N6O2. The molecule has 1 saturated carbocycles. The number of ether oxygens (including phenoxy) is 1. The quantitative estimate of drug-likeness (QED) is 0.459. The third-order valence-electron chi connectivity index (χ3n) is 5.36. The summed E-state index contributed by atoms with van der Waals surface area (Å²) in [5.74, 6) is 2.77. The van der Waals surface area contributed by atoms with E-state index in [1.54, 1.807) is 13.3 Å². The highest BCUT2D eigenvalue weighted by atomic mass is 16.5. The molecule has 0 aliphatic heterocycles. The summed E-state index contributed by atoms with van der Waals surface area (Å²) in [7, 11) is 1.63. The number of nitrogens with one attached hydrogen (secondary N) is 3. The monoisotopic (exact) mass is 418 g/mol. The van der Waals surface area contributed by atoms with Gasteiger partial charge in [-0.2, -0.15) is 0 Å². The van der Waals surface area contributed by atoms with Crippen LogP contribution in [0.3, 0.4) is 0 Å². The number of rotatable bonds is 9. The molecule has 2 heterocycles. The summed E-state index contributed by atoms with van der Waals surface area (Å²) in [5.41, 5.74) is 1.59. The van der Waals surface area contributed by atoms with Gasteiger partial charge >= 0.3 is 0 Å². The molecule has 1 aromatic carbocycles. The van der Waals surface area contributed by atoms with Crippen molar-refractivity contribution >= 4 is 23.4 Å². The number of methoxy groups -OCH3 is 1. The Morgan fingerprint density at radius 3 is 2.42 bits per heavy atom. The number of aromatic nitrogens is 3. The summed E-state index contributed by atoms with van der Waals surface area (Å²) in [4.78, 5) is 17.1. The Kier molecular flexibility index (Phi) is 5.97. The maximum atomic E-state index is 12.8. The Labute approximate surface area is 181 Å². The van der Waals surface area contributed by atoms with Crippen LogP contribution in [0.4, 0.5) is 17.5 Å². The van der Waals surface area contributed by atoms with Crippen LogP contribution >= 0.6 is 0 Å². The second-order valence-electron chi connectivity index (χ2n) is 7.61. The van der Waals surface area contributed by atoms with E-state index in [1.807, 2.05) is 55.5 Å². The Morgan fingerprint density at radius 2 is 1.74 bits per heavy atom. The van der Waals surface area contributed by atoms with Gasteiger partial charge in [0, 0.05) is 24.8 Å². The van der Waals surface area contributed by atoms with Gasteiger partial charge in [-0.25, -0.2) is 4.98 Å². The van der Waals surface area contributed by atoms with Crippen LogP contribution < -0.4 is 20.7 Å². The van der Waals surface area contributed by atoms with Gasteiger partial charge in [0.15, 0.2) is 5.82 Å². The fourth-order valence-corrected chi connectivity index (χ4v) is 3.49. The van der Waals surface area contributed by atoms with E-state index in [-0.39, 0.29) is 5.91 Å². The van der Waals surface area contributed by atoms with Gasteiger partial charge in [-0.05, 0) is 49.6 Å². The minimum absolute atomic E-state index is 0.0371. The summed E-state index contributed by atoms with van der Waals surface area (Å²) >= 11 is 0. The third kappa shape index (κ3) is 4.74. The Balaban J connectivity index is 1.25. The molecular weight excluding hydrogens is 392 g/mol. The summed E-state index contributed by atoms with van der Waals surface area (Å²) in [5, 5.41) is 17.6. The van der Waals surface area contributed by atoms with Crippen molar-refractivity contribution in [2.24, 2.45) is 0 Å². The van der Waals surface area contributed by atoms with Crippen molar-refractivity contribution in [1.82, 2.24) is 20.5 Å². The van der Waals surface area contributed by atoms with Crippen LogP contribution in [0.1, 0.15) is 24.0 Å². The van der Waals surface area contributed by atoms with E-state index in [0.717, 1.165) is 29.7 Å². The molecule has 0 unspecified atom stereocenters. The molecule has 0 spiro atoms. The first-order chi connectivity index (χ1) is 15.1. The number of pyridine rings is 1. The lowest BCUT2D eigenvalue weighted by Crippen LogP contribution is -2.37. The fraction of sp³-hybridized carbons (Fsp3) is 0.304. The van der Waals surface area contributed by atoms with Crippen molar-refractivity contribution < 1.29 is 9.53 Å². The maximum absolute atomic E-state index is 12.8. The predicted octanol–water partition coefficient (Wildman–Crippen LogP) is 3.19. The number of amides is 1. The highest BCUT2D eigenvalue weighted by Gasteiger charge is 2.52. The highest BCUT2D eigenvalue weighted by Crippen LogP contribution is 2.51. The van der Waals surface area contributed by atoms with Gasteiger partial charge < -0.3 is 20.7 Å². The number of carbonyl (C=O) groups excluding carboxylic acids is 1. The third-order valence-corrected chi connectivity index (χ3v) is 5.36. The van der Waals surface area contributed by atoms with E-state index in [0.29, 0.717) is 30.5 Å². The first-order valence-electron chi connectivity index (χ1n) is 10.3. The van der Waals surface area contributed by atoms with Crippen LogP contribution in [0.5, 0.6) is 5.75 Å². The van der Waals surface area contributed by atoms with Crippen LogP contribution in [-0.2, 0) is 10.2 Å². The molecule has 1 amide bonds. The SMILES string of the molecule is COc1ccccc1C1(C(=O)NCCNc2ccc(Nc3ccc(C)cn3)nn2)CC1. The van der Waals surface area contributed by atoms with E-state index in [4.69, 9.17) is 4.74 Å². The predicted molar refractivity (Wildman–Crippen MR) is 120 cm³/mol. The van der Waals surface area contributed by atoms with E-state index in [2.05, 4.69) is 31.1 Å². The van der Waals surface area contributed by atoms with Crippen molar-refractivity contribution in [1.29, 1.82) is 0 Å². The zero-order valence-electron chi connectivity index (χ0n) is 17.7. The molecule has 3 N–H and O–H groups in total. The second-order valence-corrected chi connectivity index (χ2v) is 7.61. The van der Waals surface area contributed by atoms with Gasteiger partial charge in [0.2, 0.25) is 5.91 Å². The minimum atomic E-state index is -0.469. The van der Waals surface area contributed by atoms with Crippen LogP contribution in [0.2, 0.25) is 0 Å². The molecule has 0 bridgehead atoms. The smallest absolute Gasteiger partial charge is 0.230 e. The molecule has 2 aromatic heterocycles. The molecule has 1 aliphatic carbocycles. The lowest BCUT2D eigenvalue weighted by molar-refractivity contribution is -0.123. The molecule has 4 rings (SSSR count). The number of hydrogen-bond donors (Lipinski definition) is 3. The largest absolute Gasteiger partial charge is 0.496 e. The minimum Gasteiger partial charge on any atom is -0.496 e. The number of nitrogens with zero attached hydrogens (tertiary/aromatic N) is 3. The molecule has 31 heavy (non-hydrogen) atoms. The number of anilines is 3. The highest BCUT2D eigenvalue weighted by molar-refractivity contribution is 5.92. The summed E-state index contributed by atoms with van der Waals surface area (Å²) in [6.45, 7) is 3.03. The summed E-state index contributed by atoms with van der Waals surface area (Å²) in [6, 6.07) is 15.3. The van der Waals surface area contributed by atoms with Gasteiger partial charge in [0.05, 0.1) is 12.5 Å². The number of hydrogen-bond acceptors (Lipinski definition) is 7. The first kappa shape index (κ1) is 20.6. The van der Waals surface area contributed by atoms with Crippen molar-refractivity contribution in [2.75, 3.05) is 30.8 Å². The lowest BCUT2D eigenvalue weighted by atomic mass is 9.94. The molecule has 1 aliphatic rings. The molecule has 1 fully saturated rings. The van der Waals surface area contributed by atoms with Crippen molar-refractivity contribution in [2.45, 2.75) is 25.2 Å². The van der Waals surface area contributed by atoms with Gasteiger partial charge in [-0.15, -0.1) is 10.2 Å². The molecule has 8 nitrogen and oxygen atoms in total. The van der Waals surface area contributed by atoms with Gasteiger partial charge in [-0.3, -0.25) is 4.79 Å². The van der Waals surface area contributed by atoms with E-state index in [9.17, 15) is 4.79 Å². The van der Waals surface area contributed by atoms with Gasteiger partial charge in [0.25, 0.3) is 0 Å². The van der Waals surface area contributed by atoms with Gasteiger partial charge in [-0.1, -0.05) is 24.3 Å². The van der Waals surface area contributed by atoms with Crippen LogP contribution in [0, 0.1) is 6.92 Å². The zero-order chi connectivity index (χ0) is 21.7. The fourth-order valence-electron chi connectivity index (χ4n) is 3.49. The second kappa shape index (κ2) is 8.99. The van der Waals surface area contributed by atoms with Gasteiger partial charge in [0.1, 0.15) is 17.4 Å². The van der Waals surface area contributed by atoms with E-state index in [1.165, 1.54) is 0 Å². The molecule has 8 heteroatoms. The van der Waals surface area contributed by atoms with E-state index >= 15 is 0 Å². The average Bonchev–Trinajstić information content (AvgIpc) is 3.61. The van der Waals surface area contributed by atoms with Crippen molar-refractivity contribution in [3.8, 4) is 5.75 Å². The van der Waals surface area contributed by atoms with Crippen LogP contribution in [0.15, 0.2) is 54.7 Å². The maximum Gasteiger partial charge on any atom is 0.230 e. The number of benzene rings is 1. The topological polar surface area (TPSA) is 101 Å². The molecule has 160 valence electrons. The Hall–Kier alpha value is -3.68. The van der Waals surface area contributed by atoms with Crippen LogP contribution in [-0.4, -0.2) is 41.3 Å². The number of aryl methyl sites for hydroxylation is 1. The van der Waals surface area contributed by atoms with Crippen LogP contribution in [0.25, 0.3) is 0 Å². The summed E-state index contributed by atoms with van der Waals surface area (Å²) < 4.78 is 5.44. The number of para-hydroxylation sites is 1. The first-order valence-corrected chi connectivity index (χ1v) is 10.3. The van der Waals surface area contributed by atoms with Crippen molar-refractivity contribution in [3.63, 3.8) is 0 Å². The molecule has 3 aromatic rings. The lowest BCUT2D eigenvalue weighted by Gasteiger charge is -2.18. The molecule has 0 atom stereocenters. The normalized spacial score (nSPS) is 13.9. The average molecular weight is 419 g/mol. The summed E-state index contributed by atoms with van der Waals surface area (Å²) in [6.07, 6.45) is 3.46. The standard InChI is InChI=1S/C23H26N6O2/c1-16-7-8-19(26-15-16)27-21-10-9-20(28-29-21)24-13-14-25-22(30)23(11-12-23)17-5-3-4-6-18(17)31-2/h3-10,15H,11-14H2,1-2H3,(H,24,28)(H,25,30)(H,26,27,29). The zero-order valence-corrected chi connectivity index (χ0v) is 17.7. The van der Waals surface area contributed by atoms with E-state index < -0.39 is 5.41 Å². The Bertz CT molecular complexity index is 1030. The Morgan fingerprint density at radius 1 is 1.00 bits per heavy atom. The molecule has 0 radical (unpaired) electrons. The number of carbonyl (C=O) groups is 1.